The molecule has 0 radical (unpaired) electrons. The van der Waals surface area contributed by atoms with Crippen molar-refractivity contribution in [2.75, 3.05) is 6.61 Å². The monoisotopic (exact) mass is 218 g/mol. The minimum atomic E-state index is -0.740. The van der Waals surface area contributed by atoms with E-state index in [4.69, 9.17) is 9.15 Å². The first-order chi connectivity index (χ1) is 7.81. The number of ether oxygens (including phenoxy) is 1. The Hall–Kier alpha value is -1.74. The number of hydrogen-bond acceptors (Lipinski definition) is 3. The lowest BCUT2D eigenvalue weighted by atomic mass is 10.1. The van der Waals surface area contributed by atoms with Gasteiger partial charge in [0.05, 0.1) is 12.9 Å². The summed E-state index contributed by atoms with van der Waals surface area (Å²) in [4.78, 5) is 0. The third kappa shape index (κ3) is 2.25. The highest BCUT2D eigenvalue weighted by Crippen LogP contribution is 2.25. The van der Waals surface area contributed by atoms with Gasteiger partial charge in [-0.2, -0.15) is 0 Å². The summed E-state index contributed by atoms with van der Waals surface area (Å²) in [5, 5.41) is 10.0. The van der Waals surface area contributed by atoms with Crippen molar-refractivity contribution in [3.05, 3.63) is 54.0 Å². The van der Waals surface area contributed by atoms with Crippen LogP contribution in [0.5, 0.6) is 5.75 Å². The van der Waals surface area contributed by atoms with E-state index in [1.54, 1.807) is 18.4 Å². The van der Waals surface area contributed by atoms with Crippen LogP contribution >= 0.6 is 0 Å². The molecule has 0 spiro atoms. The van der Waals surface area contributed by atoms with E-state index in [1.807, 2.05) is 31.2 Å². The molecular formula is C13H14O3. The maximum atomic E-state index is 10.0. The summed E-state index contributed by atoms with van der Waals surface area (Å²) in [5.41, 5.74) is 0.765. The van der Waals surface area contributed by atoms with Gasteiger partial charge in [-0.25, -0.2) is 0 Å². The second kappa shape index (κ2) is 4.86. The molecule has 0 bridgehead atoms. The standard InChI is InChI=1S/C13H14O3/c1-2-15-11-6-3-5-10(9-11)13(14)12-7-4-8-16-12/h3-9,13-14H,2H2,1H3. The average molecular weight is 218 g/mol. The van der Waals surface area contributed by atoms with Crippen molar-refractivity contribution in [1.82, 2.24) is 0 Å². The fourth-order valence-electron chi connectivity index (χ4n) is 1.55. The summed E-state index contributed by atoms with van der Waals surface area (Å²) in [6, 6.07) is 10.9. The molecule has 1 unspecified atom stereocenters. The summed E-state index contributed by atoms with van der Waals surface area (Å²) >= 11 is 0. The molecule has 1 atom stereocenters. The Bertz CT molecular complexity index is 434. The van der Waals surface area contributed by atoms with Crippen LogP contribution in [-0.2, 0) is 0 Å². The van der Waals surface area contributed by atoms with Crippen molar-refractivity contribution < 1.29 is 14.3 Å². The quantitative estimate of drug-likeness (QED) is 0.858. The van der Waals surface area contributed by atoms with E-state index in [9.17, 15) is 5.11 Å². The van der Waals surface area contributed by atoms with Gasteiger partial charge in [0.15, 0.2) is 0 Å². The molecule has 2 aromatic rings. The lowest BCUT2D eigenvalue weighted by Gasteiger charge is -2.10. The highest BCUT2D eigenvalue weighted by Gasteiger charge is 2.13. The molecule has 1 N–H and O–H groups in total. The predicted molar refractivity (Wildman–Crippen MR) is 60.4 cm³/mol. The Morgan fingerprint density at radius 3 is 2.88 bits per heavy atom. The van der Waals surface area contributed by atoms with Crippen molar-refractivity contribution in [1.29, 1.82) is 0 Å². The van der Waals surface area contributed by atoms with Crippen molar-refractivity contribution in [3.8, 4) is 5.75 Å². The van der Waals surface area contributed by atoms with Gasteiger partial charge in [-0.15, -0.1) is 0 Å². The summed E-state index contributed by atoms with van der Waals surface area (Å²) < 4.78 is 10.5. The topological polar surface area (TPSA) is 42.6 Å². The average Bonchev–Trinajstić information content (AvgIpc) is 2.82. The Balaban J connectivity index is 2.23. The minimum Gasteiger partial charge on any atom is -0.494 e. The molecular weight excluding hydrogens is 204 g/mol. The fraction of sp³-hybridized carbons (Fsp3) is 0.231. The fourth-order valence-corrected chi connectivity index (χ4v) is 1.55. The lowest BCUT2D eigenvalue weighted by Crippen LogP contribution is -1.99. The highest BCUT2D eigenvalue weighted by atomic mass is 16.5. The van der Waals surface area contributed by atoms with Crippen molar-refractivity contribution >= 4 is 0 Å². The molecule has 16 heavy (non-hydrogen) atoms. The second-order valence-corrected chi connectivity index (χ2v) is 3.42. The van der Waals surface area contributed by atoms with E-state index in [1.165, 1.54) is 0 Å². The summed E-state index contributed by atoms with van der Waals surface area (Å²) in [5.74, 6) is 1.29. The molecule has 1 heterocycles. The molecule has 0 aliphatic heterocycles. The first-order valence-electron chi connectivity index (χ1n) is 5.25. The first kappa shape index (κ1) is 10.8. The summed E-state index contributed by atoms with van der Waals surface area (Å²) in [6.07, 6.45) is 0.806. The molecule has 0 fully saturated rings. The molecule has 0 saturated heterocycles. The van der Waals surface area contributed by atoms with Crippen LogP contribution in [0.25, 0.3) is 0 Å². The Labute approximate surface area is 94.3 Å². The Morgan fingerprint density at radius 1 is 1.31 bits per heavy atom. The van der Waals surface area contributed by atoms with E-state index in [2.05, 4.69) is 0 Å². The van der Waals surface area contributed by atoms with Crippen LogP contribution in [0, 0.1) is 0 Å². The number of aliphatic hydroxyl groups excluding tert-OH is 1. The van der Waals surface area contributed by atoms with Gasteiger partial charge in [-0.3, -0.25) is 0 Å². The van der Waals surface area contributed by atoms with Crippen LogP contribution < -0.4 is 4.74 Å². The Kier molecular flexibility index (Phi) is 3.27. The molecule has 0 saturated carbocycles. The van der Waals surface area contributed by atoms with Crippen molar-refractivity contribution in [2.45, 2.75) is 13.0 Å². The van der Waals surface area contributed by atoms with Gasteiger partial charge in [-0.1, -0.05) is 12.1 Å². The largest absolute Gasteiger partial charge is 0.494 e. The zero-order chi connectivity index (χ0) is 11.4. The van der Waals surface area contributed by atoms with E-state index in [-0.39, 0.29) is 0 Å². The van der Waals surface area contributed by atoms with Crippen LogP contribution in [0.1, 0.15) is 24.4 Å². The molecule has 2 rings (SSSR count). The SMILES string of the molecule is CCOc1cccc(C(O)c2ccco2)c1. The lowest BCUT2D eigenvalue weighted by molar-refractivity contribution is 0.189. The van der Waals surface area contributed by atoms with Crippen LogP contribution in [0.2, 0.25) is 0 Å². The number of furan rings is 1. The smallest absolute Gasteiger partial charge is 0.137 e. The first-order valence-corrected chi connectivity index (χ1v) is 5.25. The third-order valence-electron chi connectivity index (χ3n) is 2.30. The normalized spacial score (nSPS) is 12.4. The van der Waals surface area contributed by atoms with Crippen molar-refractivity contribution in [2.24, 2.45) is 0 Å². The molecule has 0 aliphatic rings. The summed E-state index contributed by atoms with van der Waals surface area (Å²) in [7, 11) is 0. The van der Waals surface area contributed by atoms with E-state index < -0.39 is 6.10 Å². The van der Waals surface area contributed by atoms with E-state index in [0.717, 1.165) is 11.3 Å². The third-order valence-corrected chi connectivity index (χ3v) is 2.30. The van der Waals surface area contributed by atoms with Crippen LogP contribution in [0.3, 0.4) is 0 Å². The van der Waals surface area contributed by atoms with Gasteiger partial charge in [-0.05, 0) is 36.8 Å². The zero-order valence-corrected chi connectivity index (χ0v) is 9.09. The van der Waals surface area contributed by atoms with Crippen molar-refractivity contribution in [3.63, 3.8) is 0 Å². The number of aliphatic hydroxyl groups is 1. The molecule has 0 aliphatic carbocycles. The number of benzene rings is 1. The van der Waals surface area contributed by atoms with E-state index in [0.29, 0.717) is 12.4 Å². The summed E-state index contributed by atoms with van der Waals surface area (Å²) in [6.45, 7) is 2.54. The number of hydrogen-bond donors (Lipinski definition) is 1. The number of rotatable bonds is 4. The van der Waals surface area contributed by atoms with E-state index >= 15 is 0 Å². The van der Waals surface area contributed by atoms with Gasteiger partial charge < -0.3 is 14.3 Å². The Morgan fingerprint density at radius 2 is 2.19 bits per heavy atom. The zero-order valence-electron chi connectivity index (χ0n) is 9.09. The molecule has 84 valence electrons. The van der Waals surface area contributed by atoms with Gasteiger partial charge in [0.25, 0.3) is 0 Å². The maximum Gasteiger partial charge on any atom is 0.137 e. The predicted octanol–water partition coefficient (Wildman–Crippen LogP) is 2.76. The maximum absolute atomic E-state index is 10.0. The molecule has 0 amide bonds. The minimum absolute atomic E-state index is 0.536. The van der Waals surface area contributed by atoms with Gasteiger partial charge in [0.2, 0.25) is 0 Å². The van der Waals surface area contributed by atoms with Crippen LogP contribution in [0.4, 0.5) is 0 Å². The highest BCUT2D eigenvalue weighted by molar-refractivity contribution is 5.32. The molecule has 1 aromatic carbocycles. The molecule has 3 nitrogen and oxygen atoms in total. The van der Waals surface area contributed by atoms with Crippen LogP contribution in [0.15, 0.2) is 47.1 Å². The van der Waals surface area contributed by atoms with Gasteiger partial charge in [0, 0.05) is 0 Å². The molecule has 1 aromatic heterocycles. The second-order valence-electron chi connectivity index (χ2n) is 3.42. The molecule has 3 heteroatoms. The van der Waals surface area contributed by atoms with Gasteiger partial charge >= 0.3 is 0 Å². The van der Waals surface area contributed by atoms with Gasteiger partial charge in [0.1, 0.15) is 17.6 Å². The van der Waals surface area contributed by atoms with Crippen LogP contribution in [-0.4, -0.2) is 11.7 Å².